The molecule has 0 aliphatic carbocycles. The summed E-state index contributed by atoms with van der Waals surface area (Å²) in [6.07, 6.45) is 0. The molecule has 0 unspecified atom stereocenters. The van der Waals surface area contributed by atoms with E-state index >= 15 is 0 Å². The first-order chi connectivity index (χ1) is 11.4. The number of fused-ring (bicyclic) bond motifs is 1. The molecule has 3 nitrogen and oxygen atoms in total. The average Bonchev–Trinajstić information content (AvgIpc) is 2.60. The second kappa shape index (κ2) is 7.65. The topological polar surface area (TPSA) is 30.5 Å². The molecule has 0 aliphatic heterocycles. The van der Waals surface area contributed by atoms with Crippen LogP contribution in [0.15, 0.2) is 66.7 Å². The van der Waals surface area contributed by atoms with Crippen LogP contribution in [-0.2, 0) is 6.54 Å². The van der Waals surface area contributed by atoms with E-state index in [0.29, 0.717) is 13.2 Å². The highest BCUT2D eigenvalue weighted by molar-refractivity contribution is 5.83. The zero-order chi connectivity index (χ0) is 15.9. The Hall–Kier alpha value is -2.52. The summed E-state index contributed by atoms with van der Waals surface area (Å²) < 4.78 is 11.6. The maximum atomic E-state index is 5.83. The van der Waals surface area contributed by atoms with Gasteiger partial charge in [0.15, 0.2) is 0 Å². The van der Waals surface area contributed by atoms with E-state index < -0.39 is 0 Å². The van der Waals surface area contributed by atoms with Crippen molar-refractivity contribution in [2.24, 2.45) is 0 Å². The van der Waals surface area contributed by atoms with Crippen molar-refractivity contribution in [1.29, 1.82) is 0 Å². The Labute approximate surface area is 136 Å². The van der Waals surface area contributed by atoms with Crippen molar-refractivity contribution >= 4 is 10.8 Å². The number of benzene rings is 3. The van der Waals surface area contributed by atoms with E-state index in [-0.39, 0.29) is 0 Å². The molecule has 3 aromatic carbocycles. The van der Waals surface area contributed by atoms with Crippen molar-refractivity contribution in [3.8, 4) is 11.5 Å². The molecule has 0 heterocycles. The fourth-order valence-corrected chi connectivity index (χ4v) is 2.55. The number of para-hydroxylation sites is 1. The fourth-order valence-electron chi connectivity index (χ4n) is 2.55. The summed E-state index contributed by atoms with van der Waals surface area (Å²) in [7, 11) is 1.93. The van der Waals surface area contributed by atoms with Crippen LogP contribution in [0.5, 0.6) is 11.5 Å². The molecule has 0 atom stereocenters. The number of hydrogen-bond donors (Lipinski definition) is 1. The van der Waals surface area contributed by atoms with E-state index in [4.69, 9.17) is 9.47 Å². The standard InChI is InChI=1S/C20H21NO2/c1-21-15-18-8-4-5-9-20(18)23-13-12-22-19-11-10-16-6-2-3-7-17(16)14-19/h2-11,14,21H,12-13,15H2,1H3. The monoisotopic (exact) mass is 307 g/mol. The van der Waals surface area contributed by atoms with Crippen molar-refractivity contribution in [3.05, 3.63) is 72.3 Å². The van der Waals surface area contributed by atoms with Gasteiger partial charge in [-0.05, 0) is 36.0 Å². The first kappa shape index (κ1) is 15.4. The van der Waals surface area contributed by atoms with E-state index in [1.54, 1.807) is 0 Å². The van der Waals surface area contributed by atoms with Gasteiger partial charge in [-0.25, -0.2) is 0 Å². The van der Waals surface area contributed by atoms with Crippen molar-refractivity contribution < 1.29 is 9.47 Å². The van der Waals surface area contributed by atoms with Gasteiger partial charge in [0.2, 0.25) is 0 Å². The van der Waals surface area contributed by atoms with Gasteiger partial charge in [0.05, 0.1) is 0 Å². The molecule has 0 fully saturated rings. The minimum absolute atomic E-state index is 0.520. The summed E-state index contributed by atoms with van der Waals surface area (Å²) in [6.45, 7) is 1.83. The van der Waals surface area contributed by atoms with Crippen LogP contribution < -0.4 is 14.8 Å². The van der Waals surface area contributed by atoms with Crippen LogP contribution in [0.4, 0.5) is 0 Å². The van der Waals surface area contributed by atoms with E-state index in [1.807, 2.05) is 43.4 Å². The molecule has 3 aromatic rings. The molecular weight excluding hydrogens is 286 g/mol. The summed E-state index contributed by atoms with van der Waals surface area (Å²) in [5.74, 6) is 1.78. The minimum atomic E-state index is 0.520. The lowest BCUT2D eigenvalue weighted by Gasteiger charge is -2.12. The van der Waals surface area contributed by atoms with Crippen molar-refractivity contribution in [2.45, 2.75) is 6.54 Å². The predicted molar refractivity (Wildman–Crippen MR) is 94.1 cm³/mol. The molecular formula is C20H21NO2. The molecule has 0 bridgehead atoms. The van der Waals surface area contributed by atoms with Crippen LogP contribution >= 0.6 is 0 Å². The third-order valence-electron chi connectivity index (χ3n) is 3.67. The molecule has 3 rings (SSSR count). The summed E-state index contributed by atoms with van der Waals surface area (Å²) in [6, 6.07) is 22.5. The first-order valence-electron chi connectivity index (χ1n) is 7.84. The highest BCUT2D eigenvalue weighted by Crippen LogP contribution is 2.21. The number of nitrogens with one attached hydrogen (secondary N) is 1. The summed E-state index contributed by atoms with van der Waals surface area (Å²) in [4.78, 5) is 0. The second-order valence-electron chi connectivity index (χ2n) is 5.34. The van der Waals surface area contributed by atoms with Crippen LogP contribution in [0.25, 0.3) is 10.8 Å². The Morgan fingerprint density at radius 3 is 2.39 bits per heavy atom. The maximum absolute atomic E-state index is 5.83. The lowest BCUT2D eigenvalue weighted by atomic mass is 10.1. The summed E-state index contributed by atoms with van der Waals surface area (Å²) >= 11 is 0. The molecule has 0 aliphatic rings. The first-order valence-corrected chi connectivity index (χ1v) is 7.84. The molecule has 0 saturated carbocycles. The van der Waals surface area contributed by atoms with Gasteiger partial charge in [-0.15, -0.1) is 0 Å². The van der Waals surface area contributed by atoms with E-state index in [2.05, 4.69) is 35.6 Å². The smallest absolute Gasteiger partial charge is 0.123 e. The van der Waals surface area contributed by atoms with Gasteiger partial charge in [-0.2, -0.15) is 0 Å². The fraction of sp³-hybridized carbons (Fsp3) is 0.200. The average molecular weight is 307 g/mol. The Kier molecular flexibility index (Phi) is 5.12. The molecule has 0 radical (unpaired) electrons. The number of ether oxygens (including phenoxy) is 2. The Balaban J connectivity index is 1.55. The number of hydrogen-bond acceptors (Lipinski definition) is 3. The van der Waals surface area contributed by atoms with Gasteiger partial charge in [-0.3, -0.25) is 0 Å². The van der Waals surface area contributed by atoms with Crippen molar-refractivity contribution in [2.75, 3.05) is 20.3 Å². The lowest BCUT2D eigenvalue weighted by molar-refractivity contribution is 0.216. The Bertz CT molecular complexity index is 770. The van der Waals surface area contributed by atoms with Crippen LogP contribution in [0.1, 0.15) is 5.56 Å². The highest BCUT2D eigenvalue weighted by atomic mass is 16.5. The van der Waals surface area contributed by atoms with Crippen LogP contribution in [0.3, 0.4) is 0 Å². The zero-order valence-electron chi connectivity index (χ0n) is 13.3. The Morgan fingerprint density at radius 1 is 0.783 bits per heavy atom. The van der Waals surface area contributed by atoms with Gasteiger partial charge in [0, 0.05) is 12.1 Å². The minimum Gasteiger partial charge on any atom is -0.490 e. The van der Waals surface area contributed by atoms with Crippen LogP contribution in [0.2, 0.25) is 0 Å². The summed E-state index contributed by atoms with van der Waals surface area (Å²) in [5.41, 5.74) is 1.15. The maximum Gasteiger partial charge on any atom is 0.123 e. The Morgan fingerprint density at radius 2 is 1.52 bits per heavy atom. The lowest BCUT2D eigenvalue weighted by Crippen LogP contribution is -2.12. The van der Waals surface area contributed by atoms with E-state index in [1.165, 1.54) is 10.8 Å². The van der Waals surface area contributed by atoms with E-state index in [0.717, 1.165) is 23.6 Å². The molecule has 0 aromatic heterocycles. The molecule has 0 saturated heterocycles. The molecule has 0 amide bonds. The quantitative estimate of drug-likeness (QED) is 0.669. The number of rotatable bonds is 7. The zero-order valence-corrected chi connectivity index (χ0v) is 13.3. The molecule has 3 heteroatoms. The van der Waals surface area contributed by atoms with Crippen molar-refractivity contribution in [1.82, 2.24) is 5.32 Å². The van der Waals surface area contributed by atoms with Gasteiger partial charge in [-0.1, -0.05) is 48.5 Å². The molecule has 23 heavy (non-hydrogen) atoms. The molecule has 118 valence electrons. The van der Waals surface area contributed by atoms with Crippen LogP contribution in [-0.4, -0.2) is 20.3 Å². The highest BCUT2D eigenvalue weighted by Gasteiger charge is 2.02. The third-order valence-corrected chi connectivity index (χ3v) is 3.67. The van der Waals surface area contributed by atoms with Gasteiger partial charge in [0.25, 0.3) is 0 Å². The SMILES string of the molecule is CNCc1ccccc1OCCOc1ccc2ccccc2c1. The second-order valence-corrected chi connectivity index (χ2v) is 5.34. The predicted octanol–water partition coefficient (Wildman–Crippen LogP) is 4.02. The van der Waals surface area contributed by atoms with Gasteiger partial charge >= 0.3 is 0 Å². The van der Waals surface area contributed by atoms with Gasteiger partial charge < -0.3 is 14.8 Å². The normalized spacial score (nSPS) is 10.7. The largest absolute Gasteiger partial charge is 0.490 e. The molecule has 0 spiro atoms. The molecule has 1 N–H and O–H groups in total. The van der Waals surface area contributed by atoms with Gasteiger partial charge in [0.1, 0.15) is 24.7 Å². The van der Waals surface area contributed by atoms with E-state index in [9.17, 15) is 0 Å². The van der Waals surface area contributed by atoms with Crippen LogP contribution in [0, 0.1) is 0 Å². The van der Waals surface area contributed by atoms with Crippen molar-refractivity contribution in [3.63, 3.8) is 0 Å². The third kappa shape index (κ3) is 4.02. The summed E-state index contributed by atoms with van der Waals surface area (Å²) in [5, 5.41) is 5.55.